The Morgan fingerprint density at radius 1 is 1.60 bits per heavy atom. The van der Waals surface area contributed by atoms with Crippen molar-refractivity contribution < 1.29 is 28.2 Å². The van der Waals surface area contributed by atoms with E-state index in [0.717, 1.165) is 0 Å². The summed E-state index contributed by atoms with van der Waals surface area (Å²) < 4.78 is 0. The van der Waals surface area contributed by atoms with Crippen LogP contribution in [-0.4, -0.2) is 7.11 Å². The van der Waals surface area contributed by atoms with Crippen LogP contribution in [-0.2, 0) is 9.88 Å². The second kappa shape index (κ2) is 8.90. The summed E-state index contributed by atoms with van der Waals surface area (Å²) in [4.78, 5) is 7.72. The van der Waals surface area contributed by atoms with Gasteiger partial charge in [-0.2, -0.15) is 10.8 Å². The van der Waals surface area contributed by atoms with Crippen LogP contribution in [0.4, 0.5) is 0 Å². The average Bonchev–Trinajstić information content (AvgIpc) is 1.37. The Hall–Kier alpha value is 0.170. The van der Waals surface area contributed by atoms with Crippen molar-refractivity contribution in [3.8, 4) is 0 Å². The Balaban J connectivity index is 0. The van der Waals surface area contributed by atoms with Crippen molar-refractivity contribution in [2.45, 2.75) is 0 Å². The first kappa shape index (κ1) is 8.95. The largest absolute Gasteiger partial charge is 1.00 e. The molecule has 0 aliphatic carbocycles. The second-order valence-electron chi connectivity index (χ2n) is 0.285. The number of quaternary nitrogens is 1. The molecule has 0 saturated heterocycles. The van der Waals surface area contributed by atoms with Crippen LogP contribution in [0.3, 0.4) is 0 Å². The average molecular weight is 99.5 g/mol. The van der Waals surface area contributed by atoms with Gasteiger partial charge in [-0.25, -0.2) is 0 Å². The fraction of sp³-hybridized carbons (Fsp3) is 1.00. The molecule has 0 saturated carbocycles. The Morgan fingerprint density at radius 3 is 1.80 bits per heavy atom. The molecule has 0 amide bonds. The van der Waals surface area contributed by atoms with Crippen LogP contribution in [0.1, 0.15) is 0 Å². The maximum absolute atomic E-state index is 3.93. The van der Waals surface area contributed by atoms with E-state index in [-0.39, 0.29) is 12.4 Å². The zero-order valence-electron chi connectivity index (χ0n) is 2.90. The molecule has 0 heterocycles. The molecule has 0 atom stereocenters. The van der Waals surface area contributed by atoms with Crippen LogP contribution >= 0.6 is 0 Å². The molecule has 4 heteroatoms. The lowest BCUT2D eigenvalue weighted by molar-refractivity contribution is -0.796. The molecule has 3 nitrogen and oxygen atoms in total. The van der Waals surface area contributed by atoms with Crippen molar-refractivity contribution in [1.29, 1.82) is 0 Å². The topological polar surface area (TPSA) is 46.1 Å². The van der Waals surface area contributed by atoms with Crippen molar-refractivity contribution >= 4 is 0 Å². The summed E-state index contributed by atoms with van der Waals surface area (Å²) in [6.07, 6.45) is 0. The van der Waals surface area contributed by atoms with Gasteiger partial charge in [0, 0.05) is 0 Å². The third-order valence-electron chi connectivity index (χ3n) is 0.118. The Kier molecular flexibility index (Phi) is 15.9. The van der Waals surface area contributed by atoms with E-state index >= 15 is 0 Å². The highest BCUT2D eigenvalue weighted by Gasteiger charge is 1.53. The number of halogens is 1. The molecule has 0 aromatic carbocycles. The first-order chi connectivity index (χ1) is 1.91. The summed E-state index contributed by atoms with van der Waals surface area (Å²) in [6, 6.07) is 0. The SMILES string of the molecule is COO[NH3+].[Cl-]. The van der Waals surface area contributed by atoms with Crippen molar-refractivity contribution in [1.82, 2.24) is 0 Å². The maximum atomic E-state index is 3.93. The van der Waals surface area contributed by atoms with Crippen LogP contribution in [0.25, 0.3) is 0 Å². The van der Waals surface area contributed by atoms with Crippen LogP contribution in [0.15, 0.2) is 0 Å². The first-order valence-corrected chi connectivity index (χ1v) is 0.864. The first-order valence-electron chi connectivity index (χ1n) is 0.864. The van der Waals surface area contributed by atoms with Crippen LogP contribution in [0.2, 0.25) is 0 Å². The minimum Gasteiger partial charge on any atom is -1.00 e. The highest BCUT2D eigenvalue weighted by molar-refractivity contribution is 3.33. The molecule has 0 fully saturated rings. The molecule has 34 valence electrons. The fourth-order valence-corrected chi connectivity index (χ4v) is 0. The molecule has 3 N–H and O–H groups in total. The van der Waals surface area contributed by atoms with E-state index < -0.39 is 0 Å². The van der Waals surface area contributed by atoms with E-state index in [1.807, 2.05) is 0 Å². The minimum absolute atomic E-state index is 0. The lowest BCUT2D eigenvalue weighted by atomic mass is 11.8. The summed E-state index contributed by atoms with van der Waals surface area (Å²) in [5, 5.41) is 0. The predicted molar refractivity (Wildman–Crippen MR) is 11.0 cm³/mol. The molecule has 0 aromatic rings. The summed E-state index contributed by atoms with van der Waals surface area (Å²) in [5.74, 6) is 2.88. The van der Waals surface area contributed by atoms with E-state index in [1.54, 1.807) is 0 Å². The van der Waals surface area contributed by atoms with Gasteiger partial charge in [0.25, 0.3) is 0 Å². The minimum atomic E-state index is 0. The summed E-state index contributed by atoms with van der Waals surface area (Å²) in [6.45, 7) is 0. The molecular formula is CH6ClNO2. The highest BCUT2D eigenvalue weighted by Crippen LogP contribution is 1.41. The Bertz CT molecular complexity index is 11.6. The van der Waals surface area contributed by atoms with E-state index in [4.69, 9.17) is 0 Å². The molecule has 0 aliphatic rings. The zero-order chi connectivity index (χ0) is 3.41. The van der Waals surface area contributed by atoms with Gasteiger partial charge in [0.2, 0.25) is 0 Å². The normalized spacial score (nSPS) is 6.00. The second-order valence-corrected chi connectivity index (χ2v) is 0.285. The van der Waals surface area contributed by atoms with Gasteiger partial charge in [0.1, 0.15) is 0 Å². The quantitative estimate of drug-likeness (QED) is 0.267. The summed E-state index contributed by atoms with van der Waals surface area (Å²) >= 11 is 0. The van der Waals surface area contributed by atoms with Gasteiger partial charge in [-0.3, -0.25) is 0 Å². The molecule has 0 aliphatic heterocycles. The molecular weight excluding hydrogens is 93.5 g/mol. The van der Waals surface area contributed by atoms with Gasteiger partial charge in [-0.15, -0.1) is 0 Å². The lowest BCUT2D eigenvalue weighted by Crippen LogP contribution is -3.00. The Labute approximate surface area is 36.3 Å². The predicted octanol–water partition coefficient (Wildman–Crippen LogP) is -4.27. The van der Waals surface area contributed by atoms with Crippen LogP contribution in [0, 0.1) is 0 Å². The van der Waals surface area contributed by atoms with Gasteiger partial charge >= 0.3 is 0 Å². The third-order valence-corrected chi connectivity index (χ3v) is 0.118. The van der Waals surface area contributed by atoms with Crippen molar-refractivity contribution in [3.63, 3.8) is 0 Å². The van der Waals surface area contributed by atoms with Gasteiger partial charge < -0.3 is 12.4 Å². The van der Waals surface area contributed by atoms with Gasteiger partial charge in [0.15, 0.2) is 0 Å². The summed E-state index contributed by atoms with van der Waals surface area (Å²) in [7, 11) is 1.40. The molecule has 0 aromatic heterocycles. The fourth-order valence-electron chi connectivity index (χ4n) is 0. The van der Waals surface area contributed by atoms with E-state index in [9.17, 15) is 0 Å². The highest BCUT2D eigenvalue weighted by atomic mass is 35.5. The van der Waals surface area contributed by atoms with Crippen molar-refractivity contribution in [2.24, 2.45) is 0 Å². The van der Waals surface area contributed by atoms with Crippen LogP contribution in [0.5, 0.6) is 0 Å². The summed E-state index contributed by atoms with van der Waals surface area (Å²) in [5.41, 5.74) is 0. The van der Waals surface area contributed by atoms with Gasteiger partial charge in [-0.1, -0.05) is 0 Å². The lowest BCUT2D eigenvalue weighted by Gasteiger charge is -1.72. The van der Waals surface area contributed by atoms with E-state index in [1.165, 1.54) is 7.11 Å². The molecule has 0 rings (SSSR count). The van der Waals surface area contributed by atoms with E-state index in [0.29, 0.717) is 0 Å². The standard InChI is InChI=1S/CH6NO2.ClH/c1-3-4-2;/h1-2H3;1H/q+1;/p-1. The molecule has 0 bridgehead atoms. The number of hydrogen-bond acceptors (Lipinski definition) is 2. The molecule has 0 unspecified atom stereocenters. The third kappa shape index (κ3) is 14.3. The van der Waals surface area contributed by atoms with Crippen molar-refractivity contribution in [2.75, 3.05) is 7.11 Å². The molecule has 0 spiro atoms. The molecule has 5 heavy (non-hydrogen) atoms. The number of hydrogen-bond donors (Lipinski definition) is 1. The van der Waals surface area contributed by atoms with Gasteiger partial charge in [0.05, 0.1) is 7.11 Å². The van der Waals surface area contributed by atoms with Crippen LogP contribution < -0.4 is 18.3 Å². The van der Waals surface area contributed by atoms with Crippen molar-refractivity contribution in [3.05, 3.63) is 0 Å². The monoisotopic (exact) mass is 99.0 g/mol. The van der Waals surface area contributed by atoms with Gasteiger partial charge in [-0.05, 0) is 4.99 Å². The smallest absolute Gasteiger partial charge is 0.0772 e. The zero-order valence-corrected chi connectivity index (χ0v) is 3.66. The maximum Gasteiger partial charge on any atom is 0.0772 e. The Morgan fingerprint density at radius 2 is 1.80 bits per heavy atom. The van der Waals surface area contributed by atoms with E-state index in [2.05, 4.69) is 15.8 Å². The number of rotatable bonds is 1. The molecule has 0 radical (unpaired) electrons.